The number of hydrogen-bond acceptors (Lipinski definition) is 12. The molecule has 7 N–H and O–H groups in total. The molecule has 0 spiro atoms. The number of aliphatic hydroxyl groups excluding tert-OH is 3. The molecule has 13 nitrogen and oxygen atoms in total. The number of primary amides is 1. The highest BCUT2D eigenvalue weighted by Crippen LogP contribution is 2.55. The van der Waals surface area contributed by atoms with Crippen molar-refractivity contribution in [1.29, 1.82) is 0 Å². The Kier molecular flexibility index (Phi) is 8.10. The van der Waals surface area contributed by atoms with Gasteiger partial charge < -0.3 is 36.0 Å². The maximum absolute atomic E-state index is 14.2. The third-order valence-electron chi connectivity index (χ3n) is 9.59. The molecule has 0 fully saturated rings. The number of aromatic hydroxyl groups is 1. The fraction of sp³-hybridized carbons (Fsp3) is 0.394. The molecule has 13 heteroatoms. The van der Waals surface area contributed by atoms with E-state index in [-0.39, 0.29) is 16.7 Å². The number of ether oxygens (including phenoxy) is 1. The highest BCUT2D eigenvalue weighted by molar-refractivity contribution is 6.25. The Morgan fingerprint density at radius 2 is 1.61 bits per heavy atom. The van der Waals surface area contributed by atoms with Gasteiger partial charge in [-0.05, 0) is 63.4 Å². The van der Waals surface area contributed by atoms with Crippen LogP contribution in [0.2, 0.25) is 0 Å². The Morgan fingerprint density at radius 1 is 1.00 bits per heavy atom. The molecule has 3 aliphatic carbocycles. The second-order valence-electron chi connectivity index (χ2n) is 12.5. The minimum Gasteiger partial charge on any atom is -0.510 e. The number of carbonyl (C=O) groups is 4. The molecule has 5 unspecified atom stereocenters. The predicted octanol–water partition coefficient (Wildman–Crippen LogP) is 1.15. The Hall–Kier alpha value is -4.56. The number of nitrogens with zero attached hydrogens (tertiary/aromatic N) is 2. The SMILES string of the molecule is COc1ccc(C(C(=O)c2ccc3c(c2O)C(=O)C2=C(O)[C@]4(O)C(=O)C(C(N)=O)=C(O)[C@@H](N(C)C)C4C(O)C2C3C)N(C)C)cc1. The van der Waals surface area contributed by atoms with E-state index in [0.29, 0.717) is 11.3 Å². The van der Waals surface area contributed by atoms with Crippen LogP contribution < -0.4 is 10.5 Å². The zero-order chi connectivity index (χ0) is 34.2. The first-order chi connectivity index (χ1) is 21.5. The van der Waals surface area contributed by atoms with Gasteiger partial charge >= 0.3 is 0 Å². The highest BCUT2D eigenvalue weighted by Gasteiger charge is 2.67. The summed E-state index contributed by atoms with van der Waals surface area (Å²) in [4.78, 5) is 57.0. The smallest absolute Gasteiger partial charge is 0.255 e. The number of amides is 1. The number of benzene rings is 2. The van der Waals surface area contributed by atoms with E-state index in [1.54, 1.807) is 50.2 Å². The van der Waals surface area contributed by atoms with Gasteiger partial charge in [-0.15, -0.1) is 0 Å². The number of phenols is 1. The van der Waals surface area contributed by atoms with Crippen molar-refractivity contribution in [3.63, 3.8) is 0 Å². The van der Waals surface area contributed by atoms with Crippen LogP contribution in [0.25, 0.3) is 0 Å². The highest BCUT2D eigenvalue weighted by atomic mass is 16.5. The summed E-state index contributed by atoms with van der Waals surface area (Å²) in [6.45, 7) is 1.62. The van der Waals surface area contributed by atoms with Gasteiger partial charge in [-0.3, -0.25) is 29.0 Å². The van der Waals surface area contributed by atoms with Gasteiger partial charge in [0, 0.05) is 11.5 Å². The van der Waals surface area contributed by atoms with Crippen LogP contribution in [-0.2, 0) is 9.59 Å². The van der Waals surface area contributed by atoms with Gasteiger partial charge in [0.2, 0.25) is 5.78 Å². The molecule has 7 atom stereocenters. The van der Waals surface area contributed by atoms with Gasteiger partial charge in [0.25, 0.3) is 5.91 Å². The van der Waals surface area contributed by atoms with Crippen LogP contribution in [0.15, 0.2) is 59.1 Å². The summed E-state index contributed by atoms with van der Waals surface area (Å²) >= 11 is 0. The minimum atomic E-state index is -3.03. The summed E-state index contributed by atoms with van der Waals surface area (Å²) in [6, 6.07) is 7.42. The first kappa shape index (κ1) is 32.8. The topological polar surface area (TPSA) is 211 Å². The Bertz CT molecular complexity index is 1730. The first-order valence-electron chi connectivity index (χ1n) is 14.6. The molecule has 0 radical (unpaired) electrons. The molecule has 0 bridgehead atoms. The van der Waals surface area contributed by atoms with Crippen LogP contribution in [0.3, 0.4) is 0 Å². The molecule has 244 valence electrons. The maximum Gasteiger partial charge on any atom is 0.255 e. The number of hydrogen-bond donors (Lipinski definition) is 6. The van der Waals surface area contributed by atoms with Gasteiger partial charge in [0.1, 0.15) is 28.6 Å². The van der Waals surface area contributed by atoms with E-state index in [0.717, 1.165) is 0 Å². The van der Waals surface area contributed by atoms with E-state index >= 15 is 0 Å². The predicted molar refractivity (Wildman–Crippen MR) is 164 cm³/mol. The minimum absolute atomic E-state index is 0.189. The maximum atomic E-state index is 14.2. The lowest BCUT2D eigenvalue weighted by Gasteiger charge is -2.53. The quantitative estimate of drug-likeness (QED) is 0.187. The molecule has 46 heavy (non-hydrogen) atoms. The molecule has 2 aromatic carbocycles. The summed E-state index contributed by atoms with van der Waals surface area (Å²) in [7, 11) is 7.80. The zero-order valence-electron chi connectivity index (χ0n) is 26.2. The number of phenolic OH excluding ortho intramolecular Hbond substituents is 1. The lowest BCUT2D eigenvalue weighted by Crippen LogP contribution is -2.68. The average Bonchev–Trinajstić information content (AvgIpc) is 2.98. The monoisotopic (exact) mass is 635 g/mol. The van der Waals surface area contributed by atoms with Crippen LogP contribution in [0.4, 0.5) is 0 Å². The van der Waals surface area contributed by atoms with Crippen molar-refractivity contribution in [3.8, 4) is 11.5 Å². The largest absolute Gasteiger partial charge is 0.510 e. The fourth-order valence-corrected chi connectivity index (χ4v) is 7.44. The van der Waals surface area contributed by atoms with Crippen LogP contribution in [-0.4, -0.2) is 112 Å². The molecule has 1 amide bonds. The van der Waals surface area contributed by atoms with Crippen molar-refractivity contribution in [2.24, 2.45) is 17.6 Å². The lowest BCUT2D eigenvalue weighted by atomic mass is 9.55. The van der Waals surface area contributed by atoms with E-state index in [1.807, 2.05) is 0 Å². The Morgan fingerprint density at radius 3 is 2.13 bits per heavy atom. The molecule has 5 rings (SSSR count). The molecule has 0 saturated heterocycles. The summed E-state index contributed by atoms with van der Waals surface area (Å²) in [6.07, 6.45) is -1.72. The molecule has 3 aliphatic rings. The van der Waals surface area contributed by atoms with Gasteiger partial charge in [-0.1, -0.05) is 25.1 Å². The van der Waals surface area contributed by atoms with Gasteiger partial charge in [0.15, 0.2) is 17.2 Å². The summed E-state index contributed by atoms with van der Waals surface area (Å²) in [5, 5.41) is 57.7. The second kappa shape index (κ2) is 11.4. The number of rotatable bonds is 7. The number of ketones is 3. The fourth-order valence-electron chi connectivity index (χ4n) is 7.44. The van der Waals surface area contributed by atoms with Crippen molar-refractivity contribution < 1.29 is 49.4 Å². The first-order valence-corrected chi connectivity index (χ1v) is 14.6. The number of carbonyl (C=O) groups excluding carboxylic acids is 4. The van der Waals surface area contributed by atoms with E-state index in [4.69, 9.17) is 10.5 Å². The molecular weight excluding hydrogens is 598 g/mol. The van der Waals surface area contributed by atoms with E-state index in [2.05, 4.69) is 0 Å². The average molecular weight is 636 g/mol. The molecule has 0 saturated carbocycles. The zero-order valence-corrected chi connectivity index (χ0v) is 26.2. The van der Waals surface area contributed by atoms with Crippen LogP contribution in [0.1, 0.15) is 50.7 Å². The molecule has 0 aromatic heterocycles. The standard InChI is InChI=1S/C33H37N3O10/c1-13-16-11-12-17(26(38)23(35(2)3)14-7-9-15(46-6)10-8-14)25(37)19(16)27(39)20-18(13)28(40)22-24(36(4)5)29(41)21(32(34)44)31(43)33(22,45)30(20)42/h7-13,18,22-24,28,37,40-42,45H,1-6H3,(H2,34,44)/t13?,18?,22?,23?,24-,28?,33-/m0/s1. The van der Waals surface area contributed by atoms with Crippen LogP contribution in [0.5, 0.6) is 11.5 Å². The summed E-state index contributed by atoms with van der Waals surface area (Å²) < 4.78 is 5.21. The van der Waals surface area contributed by atoms with Crippen molar-refractivity contribution in [2.75, 3.05) is 35.3 Å². The van der Waals surface area contributed by atoms with Gasteiger partial charge in [-0.25, -0.2) is 0 Å². The summed E-state index contributed by atoms with van der Waals surface area (Å²) in [5.41, 5.74) is 1.14. The summed E-state index contributed by atoms with van der Waals surface area (Å²) in [5.74, 6) is -10.0. The lowest BCUT2D eigenvalue weighted by molar-refractivity contribution is -0.162. The molecule has 0 aliphatic heterocycles. The Labute approximate surface area is 264 Å². The van der Waals surface area contributed by atoms with E-state index in [9.17, 15) is 44.7 Å². The van der Waals surface area contributed by atoms with Gasteiger partial charge in [0.05, 0.1) is 42.3 Å². The van der Waals surface area contributed by atoms with Crippen LogP contribution in [0, 0.1) is 11.8 Å². The van der Waals surface area contributed by atoms with Crippen molar-refractivity contribution in [2.45, 2.75) is 36.6 Å². The normalized spacial score (nSPS) is 28.2. The van der Waals surface area contributed by atoms with Crippen LogP contribution >= 0.6 is 0 Å². The molecule has 2 aromatic rings. The number of fused-ring (bicyclic) bond motifs is 3. The number of aliphatic hydroxyl groups is 4. The third kappa shape index (κ3) is 4.45. The van der Waals surface area contributed by atoms with E-state index < -0.39 is 93.2 Å². The van der Waals surface area contributed by atoms with Crippen molar-refractivity contribution in [3.05, 3.63) is 81.3 Å². The third-order valence-corrected chi connectivity index (χ3v) is 9.59. The number of Topliss-reactive ketones (excluding diaryl/α,β-unsaturated/α-hetero) is 3. The molecule has 0 heterocycles. The number of likely N-dealkylation sites (N-methyl/N-ethyl adjacent to an activating group) is 2. The second-order valence-corrected chi connectivity index (χ2v) is 12.5. The van der Waals surface area contributed by atoms with Gasteiger partial charge in [-0.2, -0.15) is 0 Å². The number of nitrogens with two attached hydrogens (primary N) is 1. The number of methoxy groups -OCH3 is 1. The van der Waals surface area contributed by atoms with Crippen molar-refractivity contribution >= 4 is 23.3 Å². The van der Waals surface area contributed by atoms with E-state index in [1.165, 1.54) is 38.2 Å². The Balaban J connectivity index is 1.68. The molecular formula is C33H37N3O10. The van der Waals surface area contributed by atoms with Crippen molar-refractivity contribution in [1.82, 2.24) is 9.80 Å².